The van der Waals surface area contributed by atoms with Gasteiger partial charge in [0.05, 0.1) is 13.7 Å². The Hall–Kier alpha value is -2.62. The van der Waals surface area contributed by atoms with Crippen LogP contribution in [0.1, 0.15) is 31.4 Å². The molecule has 2 saturated heterocycles. The van der Waals surface area contributed by atoms with E-state index in [9.17, 15) is 18.0 Å². The van der Waals surface area contributed by atoms with E-state index in [4.69, 9.17) is 16.3 Å². The molecule has 8 nitrogen and oxygen atoms in total. The number of hydrogen-bond acceptors (Lipinski definition) is 6. The van der Waals surface area contributed by atoms with E-state index < -0.39 is 20.9 Å². The Morgan fingerprint density at radius 1 is 1.17 bits per heavy atom. The van der Waals surface area contributed by atoms with Gasteiger partial charge in [-0.15, -0.1) is 0 Å². The minimum atomic E-state index is -4.25. The molecule has 36 heavy (non-hydrogen) atoms. The van der Waals surface area contributed by atoms with Crippen LogP contribution in [0.4, 0.5) is 0 Å². The van der Waals surface area contributed by atoms with E-state index in [1.165, 1.54) is 12.0 Å². The molecule has 2 fully saturated rings. The number of carbonyl (C=O) groups is 2. The number of fused-ring (bicyclic) bond motifs is 1. The third kappa shape index (κ3) is 4.60. The zero-order valence-corrected chi connectivity index (χ0v) is 22.5. The first-order valence-electron chi connectivity index (χ1n) is 12.0. The highest BCUT2D eigenvalue weighted by Crippen LogP contribution is 2.40. The highest BCUT2D eigenvalue weighted by molar-refractivity contribution is 7.93. The van der Waals surface area contributed by atoms with Gasteiger partial charge in [-0.2, -0.15) is 0 Å². The van der Waals surface area contributed by atoms with Crippen molar-refractivity contribution in [2.75, 3.05) is 26.7 Å². The lowest BCUT2D eigenvalue weighted by Crippen LogP contribution is -2.80. The number of sulfone groups is 1. The van der Waals surface area contributed by atoms with Crippen molar-refractivity contribution in [1.29, 1.82) is 0 Å². The number of rotatable bonds is 7. The minimum Gasteiger partial charge on any atom is -0.495 e. The van der Waals surface area contributed by atoms with Gasteiger partial charge in [-0.1, -0.05) is 43.6 Å². The van der Waals surface area contributed by atoms with Crippen LogP contribution in [-0.2, 0) is 25.8 Å². The standard InChI is InChI=1S/C26H32ClN3O5S/c1-17(2)15-29-16-26(36(33,34)23-13-18(3)5-10-22(23)35-4)28-12-11-24(31)30(26)21(25(29)32)14-19-6-8-20(27)9-7-19/h5-10,13,17,21,28H,11-12,14-16H2,1-4H3. The van der Waals surface area contributed by atoms with Crippen LogP contribution in [-0.4, -0.2) is 67.8 Å². The molecule has 2 amide bonds. The lowest BCUT2D eigenvalue weighted by atomic mass is 9.97. The molecule has 2 aromatic rings. The summed E-state index contributed by atoms with van der Waals surface area (Å²) in [7, 11) is -2.84. The summed E-state index contributed by atoms with van der Waals surface area (Å²) < 4.78 is 34.4. The second kappa shape index (κ2) is 10.0. The molecular formula is C26H32ClN3O5S. The Bertz CT molecular complexity index is 1260. The first-order valence-corrected chi connectivity index (χ1v) is 13.9. The van der Waals surface area contributed by atoms with E-state index >= 15 is 0 Å². The van der Waals surface area contributed by atoms with Crippen molar-refractivity contribution >= 4 is 33.3 Å². The van der Waals surface area contributed by atoms with Gasteiger partial charge in [-0.25, -0.2) is 8.42 Å². The Kier molecular flexibility index (Phi) is 7.37. The highest BCUT2D eigenvalue weighted by atomic mass is 35.5. The maximum absolute atomic E-state index is 14.5. The zero-order valence-electron chi connectivity index (χ0n) is 21.0. The summed E-state index contributed by atoms with van der Waals surface area (Å²) >= 11 is 6.05. The lowest BCUT2D eigenvalue weighted by Gasteiger charge is -2.55. The van der Waals surface area contributed by atoms with Gasteiger partial charge in [-0.05, 0) is 48.2 Å². The van der Waals surface area contributed by atoms with Crippen molar-refractivity contribution in [2.45, 2.75) is 49.5 Å². The average molecular weight is 534 g/mol. The third-order valence-electron chi connectivity index (χ3n) is 6.69. The molecule has 2 unspecified atom stereocenters. The van der Waals surface area contributed by atoms with Gasteiger partial charge in [0.15, 0.2) is 0 Å². The minimum absolute atomic E-state index is 0.0127. The molecule has 2 aliphatic heterocycles. The quantitative estimate of drug-likeness (QED) is 0.588. The molecular weight excluding hydrogens is 502 g/mol. The Balaban J connectivity index is 1.91. The largest absolute Gasteiger partial charge is 0.495 e. The van der Waals surface area contributed by atoms with Crippen LogP contribution in [0.5, 0.6) is 5.75 Å². The molecule has 0 radical (unpaired) electrons. The van der Waals surface area contributed by atoms with Gasteiger partial charge in [0.2, 0.25) is 26.6 Å². The number of aryl methyl sites for hydroxylation is 1. The van der Waals surface area contributed by atoms with E-state index in [-0.39, 0.29) is 54.3 Å². The second-order valence-corrected chi connectivity index (χ2v) is 12.4. The van der Waals surface area contributed by atoms with Crippen molar-refractivity contribution in [2.24, 2.45) is 5.92 Å². The van der Waals surface area contributed by atoms with Crippen LogP contribution in [0.15, 0.2) is 47.4 Å². The van der Waals surface area contributed by atoms with Crippen LogP contribution in [0.3, 0.4) is 0 Å². The molecule has 0 aliphatic carbocycles. The topological polar surface area (TPSA) is 96.0 Å². The normalized spacial score (nSPS) is 22.7. The number of nitrogens with zero attached hydrogens (tertiary/aromatic N) is 2. The van der Waals surface area contributed by atoms with Crippen molar-refractivity contribution in [1.82, 2.24) is 15.1 Å². The molecule has 0 bridgehead atoms. The Morgan fingerprint density at radius 2 is 1.86 bits per heavy atom. The number of nitrogens with one attached hydrogen (secondary N) is 1. The number of ether oxygens (including phenoxy) is 1. The number of carbonyl (C=O) groups excluding carboxylic acids is 2. The van der Waals surface area contributed by atoms with E-state index in [0.29, 0.717) is 11.6 Å². The third-order valence-corrected chi connectivity index (χ3v) is 9.20. The maximum Gasteiger partial charge on any atom is 0.246 e. The van der Waals surface area contributed by atoms with Crippen LogP contribution >= 0.6 is 11.6 Å². The average Bonchev–Trinajstić information content (AvgIpc) is 2.82. The van der Waals surface area contributed by atoms with E-state index in [1.54, 1.807) is 54.3 Å². The van der Waals surface area contributed by atoms with Crippen LogP contribution in [0, 0.1) is 12.8 Å². The predicted molar refractivity (Wildman–Crippen MR) is 137 cm³/mol. The fourth-order valence-electron chi connectivity index (χ4n) is 5.09. The molecule has 0 saturated carbocycles. The SMILES string of the molecule is COc1ccc(C)cc1S(=O)(=O)C12CN(CC(C)C)C(=O)C(Cc3ccc(Cl)cc3)N1C(=O)CCN2. The summed E-state index contributed by atoms with van der Waals surface area (Å²) in [6.45, 7) is 6.11. The Morgan fingerprint density at radius 3 is 2.50 bits per heavy atom. The number of halogens is 1. The molecule has 4 rings (SSSR count). The molecule has 2 aromatic carbocycles. The molecule has 2 heterocycles. The highest BCUT2D eigenvalue weighted by Gasteiger charge is 2.61. The van der Waals surface area contributed by atoms with Gasteiger partial charge in [0.1, 0.15) is 16.7 Å². The number of benzene rings is 2. The van der Waals surface area contributed by atoms with Gasteiger partial charge < -0.3 is 9.64 Å². The van der Waals surface area contributed by atoms with Gasteiger partial charge in [0, 0.05) is 31.0 Å². The van der Waals surface area contributed by atoms with E-state index in [1.807, 2.05) is 13.8 Å². The molecule has 10 heteroatoms. The fraction of sp³-hybridized carbons (Fsp3) is 0.462. The molecule has 2 aliphatic rings. The number of hydrogen-bond donors (Lipinski definition) is 1. The monoisotopic (exact) mass is 533 g/mol. The number of amides is 2. The summed E-state index contributed by atoms with van der Waals surface area (Å²) in [5.41, 5.74) is 1.52. The van der Waals surface area contributed by atoms with Gasteiger partial charge >= 0.3 is 0 Å². The second-order valence-electron chi connectivity index (χ2n) is 9.84. The fourth-order valence-corrected chi connectivity index (χ4v) is 7.44. The number of piperazine rings is 1. The first kappa shape index (κ1) is 26.4. The molecule has 0 spiro atoms. The van der Waals surface area contributed by atoms with Gasteiger partial charge in [-0.3, -0.25) is 19.8 Å². The summed E-state index contributed by atoms with van der Waals surface area (Å²) in [4.78, 5) is 28.2. The van der Waals surface area contributed by atoms with Crippen molar-refractivity contribution in [3.05, 3.63) is 58.6 Å². The lowest BCUT2D eigenvalue weighted by molar-refractivity contribution is -0.163. The van der Waals surface area contributed by atoms with Crippen molar-refractivity contribution in [3.63, 3.8) is 0 Å². The summed E-state index contributed by atoms with van der Waals surface area (Å²) in [5.74, 6) is -0.348. The van der Waals surface area contributed by atoms with E-state index in [0.717, 1.165) is 11.1 Å². The smallest absolute Gasteiger partial charge is 0.246 e. The number of methoxy groups -OCH3 is 1. The van der Waals surface area contributed by atoms with Crippen molar-refractivity contribution in [3.8, 4) is 5.75 Å². The molecule has 1 N–H and O–H groups in total. The summed E-state index contributed by atoms with van der Waals surface area (Å²) in [6.07, 6.45) is 0.261. The van der Waals surface area contributed by atoms with Crippen LogP contribution in [0.2, 0.25) is 5.02 Å². The Labute approximate surface area is 217 Å². The molecule has 2 atom stereocenters. The molecule has 194 valence electrons. The zero-order chi connectivity index (χ0) is 26.3. The summed E-state index contributed by atoms with van der Waals surface area (Å²) in [6, 6.07) is 11.0. The summed E-state index contributed by atoms with van der Waals surface area (Å²) in [5, 5.41) is 3.72. The van der Waals surface area contributed by atoms with E-state index in [2.05, 4.69) is 5.32 Å². The van der Waals surface area contributed by atoms with Crippen LogP contribution in [0.25, 0.3) is 0 Å². The predicted octanol–water partition coefficient (Wildman–Crippen LogP) is 3.02. The maximum atomic E-state index is 14.5. The van der Waals surface area contributed by atoms with Gasteiger partial charge in [0.25, 0.3) is 0 Å². The first-order chi connectivity index (χ1) is 17.0. The molecule has 0 aromatic heterocycles. The van der Waals surface area contributed by atoms with Crippen molar-refractivity contribution < 1.29 is 22.7 Å². The van der Waals surface area contributed by atoms with Crippen LogP contribution < -0.4 is 10.1 Å².